The summed E-state index contributed by atoms with van der Waals surface area (Å²) in [6.07, 6.45) is 0. The first-order valence-corrected chi connectivity index (χ1v) is 8.36. The van der Waals surface area contributed by atoms with Crippen molar-refractivity contribution in [1.82, 2.24) is 0 Å². The Bertz CT molecular complexity index is 895. The summed E-state index contributed by atoms with van der Waals surface area (Å²) in [4.78, 5) is 0. The van der Waals surface area contributed by atoms with Crippen molar-refractivity contribution >= 4 is 0 Å². The molecule has 0 aliphatic heterocycles. The minimum absolute atomic E-state index is 0.130. The molecule has 0 spiro atoms. The van der Waals surface area contributed by atoms with Crippen molar-refractivity contribution in [1.29, 1.82) is 0 Å². The van der Waals surface area contributed by atoms with E-state index in [1.807, 2.05) is 50.2 Å². The van der Waals surface area contributed by atoms with Gasteiger partial charge in [-0.2, -0.15) is 0 Å². The molecule has 0 fully saturated rings. The quantitative estimate of drug-likeness (QED) is 0.601. The smallest absolute Gasteiger partial charge is 0.123 e. The normalized spacial score (nSPS) is 10.9. The molecule has 0 aliphatic rings. The van der Waals surface area contributed by atoms with Gasteiger partial charge in [-0.3, -0.25) is 0 Å². The van der Waals surface area contributed by atoms with Crippen LogP contribution in [0.2, 0.25) is 0 Å². The molecule has 0 amide bonds. The Morgan fingerprint density at radius 3 is 1.65 bits per heavy atom. The van der Waals surface area contributed by atoms with Crippen molar-refractivity contribution in [2.75, 3.05) is 7.11 Å². The van der Waals surface area contributed by atoms with Crippen LogP contribution in [-0.4, -0.2) is 22.4 Å². The van der Waals surface area contributed by atoms with E-state index in [1.54, 1.807) is 25.3 Å². The maximum absolute atomic E-state index is 10.6. The van der Waals surface area contributed by atoms with Gasteiger partial charge in [-0.05, 0) is 54.3 Å². The predicted octanol–water partition coefficient (Wildman–Crippen LogP) is 4.61. The van der Waals surface area contributed by atoms with Crippen molar-refractivity contribution < 1.29 is 20.1 Å². The Morgan fingerprint density at radius 2 is 1.23 bits per heavy atom. The van der Waals surface area contributed by atoms with Gasteiger partial charge >= 0.3 is 0 Å². The van der Waals surface area contributed by atoms with Crippen molar-refractivity contribution in [3.63, 3.8) is 0 Å². The maximum Gasteiger partial charge on any atom is 0.123 e. The van der Waals surface area contributed by atoms with Gasteiger partial charge in [0.2, 0.25) is 0 Å². The van der Waals surface area contributed by atoms with Crippen molar-refractivity contribution in [3.05, 3.63) is 82.4 Å². The lowest BCUT2D eigenvalue weighted by molar-refractivity contribution is 0.406. The van der Waals surface area contributed by atoms with E-state index in [1.165, 1.54) is 0 Å². The highest BCUT2D eigenvalue weighted by Crippen LogP contribution is 2.40. The van der Waals surface area contributed by atoms with E-state index in [0.29, 0.717) is 5.75 Å². The number of ether oxygens (including phenoxy) is 1. The number of phenols is 3. The van der Waals surface area contributed by atoms with Crippen molar-refractivity contribution in [3.8, 4) is 23.0 Å². The molecule has 3 aromatic carbocycles. The molecule has 4 nitrogen and oxygen atoms in total. The molecule has 0 radical (unpaired) electrons. The number of aromatic hydroxyl groups is 3. The van der Waals surface area contributed by atoms with Gasteiger partial charge in [-0.1, -0.05) is 30.3 Å². The molecule has 0 heterocycles. The van der Waals surface area contributed by atoms with E-state index in [4.69, 9.17) is 4.74 Å². The summed E-state index contributed by atoms with van der Waals surface area (Å²) in [7, 11) is 1.55. The van der Waals surface area contributed by atoms with Crippen LogP contribution in [0.25, 0.3) is 0 Å². The molecule has 4 heteroatoms. The van der Waals surface area contributed by atoms with Gasteiger partial charge in [-0.25, -0.2) is 0 Å². The number of benzene rings is 3. The molecule has 134 valence electrons. The number of methoxy groups -OCH3 is 1. The van der Waals surface area contributed by atoms with E-state index in [0.717, 1.165) is 27.8 Å². The van der Waals surface area contributed by atoms with Gasteiger partial charge in [0.1, 0.15) is 23.0 Å². The molecule has 3 rings (SSSR count). The molecular weight excluding hydrogens is 328 g/mol. The number of phenolic OH excluding ortho intramolecular Hbond substituents is 3. The third kappa shape index (κ3) is 3.31. The first-order valence-electron chi connectivity index (χ1n) is 8.36. The lowest BCUT2D eigenvalue weighted by atomic mass is 9.83. The van der Waals surface area contributed by atoms with Crippen LogP contribution in [0.4, 0.5) is 0 Å². The van der Waals surface area contributed by atoms with Crippen LogP contribution < -0.4 is 4.74 Å². The van der Waals surface area contributed by atoms with Gasteiger partial charge in [0.25, 0.3) is 0 Å². The van der Waals surface area contributed by atoms with Crippen LogP contribution in [0.1, 0.15) is 33.7 Å². The highest BCUT2D eigenvalue weighted by molar-refractivity contribution is 5.53. The third-order valence-corrected chi connectivity index (χ3v) is 4.66. The first kappa shape index (κ1) is 17.7. The Labute approximate surface area is 153 Å². The second-order valence-corrected chi connectivity index (χ2v) is 6.45. The summed E-state index contributed by atoms with van der Waals surface area (Å²) < 4.78 is 5.18. The lowest BCUT2D eigenvalue weighted by Crippen LogP contribution is -2.05. The molecule has 3 N–H and O–H groups in total. The average Bonchev–Trinajstić information content (AvgIpc) is 2.62. The van der Waals surface area contributed by atoms with Crippen LogP contribution in [0, 0.1) is 13.8 Å². The van der Waals surface area contributed by atoms with Gasteiger partial charge in [-0.15, -0.1) is 0 Å². The molecule has 0 unspecified atom stereocenters. The fourth-order valence-corrected chi connectivity index (χ4v) is 3.16. The molecular formula is C22H22O4. The van der Waals surface area contributed by atoms with E-state index >= 15 is 0 Å². The topological polar surface area (TPSA) is 69.9 Å². The van der Waals surface area contributed by atoms with E-state index in [9.17, 15) is 15.3 Å². The molecule has 0 atom stereocenters. The molecule has 0 aliphatic carbocycles. The monoisotopic (exact) mass is 350 g/mol. The maximum atomic E-state index is 10.6. The summed E-state index contributed by atoms with van der Waals surface area (Å²) in [6.45, 7) is 3.68. The molecule has 3 aromatic rings. The second kappa shape index (κ2) is 7.00. The summed E-state index contributed by atoms with van der Waals surface area (Å²) in [5, 5.41) is 30.3. The number of hydrogen-bond donors (Lipinski definition) is 3. The van der Waals surface area contributed by atoms with E-state index in [-0.39, 0.29) is 23.2 Å². The number of aryl methyl sites for hydroxylation is 2. The Balaban J connectivity index is 2.21. The molecule has 0 saturated carbocycles. The summed E-state index contributed by atoms with van der Waals surface area (Å²) in [5.74, 6) is 0.917. The highest BCUT2D eigenvalue weighted by Gasteiger charge is 2.22. The summed E-state index contributed by atoms with van der Waals surface area (Å²) >= 11 is 0. The second-order valence-electron chi connectivity index (χ2n) is 6.45. The van der Waals surface area contributed by atoms with Crippen LogP contribution in [0.3, 0.4) is 0 Å². The summed E-state index contributed by atoms with van der Waals surface area (Å²) in [5.41, 5.74) is 4.12. The zero-order valence-electron chi connectivity index (χ0n) is 15.0. The molecule has 26 heavy (non-hydrogen) atoms. The number of rotatable bonds is 4. The number of hydrogen-bond acceptors (Lipinski definition) is 4. The minimum Gasteiger partial charge on any atom is -0.508 e. The van der Waals surface area contributed by atoms with E-state index in [2.05, 4.69) is 0 Å². The zero-order chi connectivity index (χ0) is 18.8. The van der Waals surface area contributed by atoms with Gasteiger partial charge in [0.15, 0.2) is 0 Å². The van der Waals surface area contributed by atoms with Crippen LogP contribution >= 0.6 is 0 Å². The van der Waals surface area contributed by atoms with Crippen LogP contribution in [0.5, 0.6) is 23.0 Å². The fourth-order valence-electron chi connectivity index (χ4n) is 3.16. The average molecular weight is 350 g/mol. The van der Waals surface area contributed by atoms with Crippen molar-refractivity contribution in [2.24, 2.45) is 0 Å². The highest BCUT2D eigenvalue weighted by atomic mass is 16.5. The van der Waals surface area contributed by atoms with Crippen molar-refractivity contribution in [2.45, 2.75) is 19.8 Å². The standard InChI is InChI=1S/C22H22O4/c1-13-10-15(4-8-19(13)23)22(16-5-9-20(24)14(2)11-16)18-7-6-17(26-3)12-21(18)25/h4-12,22-25H,1-3H3. The molecule has 0 bridgehead atoms. The largest absolute Gasteiger partial charge is 0.508 e. The zero-order valence-corrected chi connectivity index (χ0v) is 15.0. The first-order chi connectivity index (χ1) is 12.4. The minimum atomic E-state index is -0.250. The lowest BCUT2D eigenvalue weighted by Gasteiger charge is -2.21. The Hall–Kier alpha value is -3.14. The predicted molar refractivity (Wildman–Crippen MR) is 101 cm³/mol. The summed E-state index contributed by atoms with van der Waals surface area (Å²) in [6, 6.07) is 16.1. The Kier molecular flexibility index (Phi) is 4.76. The van der Waals surface area contributed by atoms with Gasteiger partial charge in [0.05, 0.1) is 7.11 Å². The fraction of sp³-hybridized carbons (Fsp3) is 0.182. The van der Waals surface area contributed by atoms with E-state index < -0.39 is 0 Å². The Morgan fingerprint density at radius 1 is 0.692 bits per heavy atom. The van der Waals surface area contributed by atoms with Gasteiger partial charge in [0, 0.05) is 17.5 Å². The third-order valence-electron chi connectivity index (χ3n) is 4.66. The molecule has 0 aromatic heterocycles. The molecule has 0 saturated heterocycles. The van der Waals surface area contributed by atoms with Crippen LogP contribution in [-0.2, 0) is 0 Å². The van der Waals surface area contributed by atoms with Gasteiger partial charge < -0.3 is 20.1 Å². The van der Waals surface area contributed by atoms with Crippen LogP contribution in [0.15, 0.2) is 54.6 Å². The SMILES string of the molecule is COc1ccc(C(c2ccc(O)c(C)c2)c2ccc(O)c(C)c2)c(O)c1.